The molecule has 0 aromatic heterocycles. The van der Waals surface area contributed by atoms with E-state index in [4.69, 9.17) is 9.84 Å². The zero-order chi connectivity index (χ0) is 9.97. The molecule has 0 spiro atoms. The van der Waals surface area contributed by atoms with Crippen molar-refractivity contribution in [3.8, 4) is 0 Å². The van der Waals surface area contributed by atoms with Gasteiger partial charge in [0, 0.05) is 6.42 Å². The Bertz CT molecular complexity index is 259. The summed E-state index contributed by atoms with van der Waals surface area (Å²) in [4.78, 5) is 14.6. The molecule has 0 aromatic rings. The van der Waals surface area contributed by atoms with E-state index in [0.29, 0.717) is 11.8 Å². The van der Waals surface area contributed by atoms with Crippen LogP contribution >= 0.6 is 0 Å². The Labute approximate surface area is 82.2 Å². The maximum atomic E-state index is 10.6. The minimum Gasteiger partial charge on any atom is -0.480 e. The first-order valence-electron chi connectivity index (χ1n) is 4.88. The Morgan fingerprint density at radius 2 is 2.57 bits per heavy atom. The number of hydrogen-bond donors (Lipinski definition) is 2. The van der Waals surface area contributed by atoms with E-state index in [-0.39, 0.29) is 6.61 Å². The monoisotopic (exact) mass is 198 g/mol. The first-order chi connectivity index (χ1) is 6.75. The number of carbonyl (C=O) groups is 1. The van der Waals surface area contributed by atoms with Crippen molar-refractivity contribution in [3.63, 3.8) is 0 Å². The van der Waals surface area contributed by atoms with Crippen LogP contribution in [0.2, 0.25) is 0 Å². The predicted octanol–water partition coefficient (Wildman–Crippen LogP) is -0.132. The molecule has 0 radical (unpaired) electrons. The highest BCUT2D eigenvalue weighted by atomic mass is 16.5. The molecule has 0 amide bonds. The molecular weight excluding hydrogens is 184 g/mol. The smallest absolute Gasteiger partial charge is 0.332 e. The number of rotatable bonds is 3. The molecule has 5 nitrogen and oxygen atoms in total. The summed E-state index contributed by atoms with van der Waals surface area (Å²) in [7, 11) is 0. The zero-order valence-corrected chi connectivity index (χ0v) is 7.90. The summed E-state index contributed by atoms with van der Waals surface area (Å²) in [5.41, 5.74) is 0. The van der Waals surface area contributed by atoms with Crippen molar-refractivity contribution in [2.24, 2.45) is 10.9 Å². The SMILES string of the molecule is O=C(O)C1COC(CC2CCNC2)=N1. The van der Waals surface area contributed by atoms with Gasteiger partial charge in [0.05, 0.1) is 0 Å². The van der Waals surface area contributed by atoms with Crippen LogP contribution in [0.3, 0.4) is 0 Å². The van der Waals surface area contributed by atoms with E-state index in [0.717, 1.165) is 25.9 Å². The third-order valence-electron chi connectivity index (χ3n) is 2.62. The van der Waals surface area contributed by atoms with Gasteiger partial charge >= 0.3 is 5.97 Å². The van der Waals surface area contributed by atoms with Crippen molar-refractivity contribution < 1.29 is 14.6 Å². The van der Waals surface area contributed by atoms with Crippen molar-refractivity contribution in [1.82, 2.24) is 5.32 Å². The first-order valence-corrected chi connectivity index (χ1v) is 4.88. The van der Waals surface area contributed by atoms with Gasteiger partial charge in [0.2, 0.25) is 0 Å². The van der Waals surface area contributed by atoms with E-state index in [1.165, 1.54) is 0 Å². The lowest BCUT2D eigenvalue weighted by Gasteiger charge is -2.06. The maximum Gasteiger partial charge on any atom is 0.332 e. The lowest BCUT2D eigenvalue weighted by Crippen LogP contribution is -2.18. The van der Waals surface area contributed by atoms with Crippen LogP contribution in [0.5, 0.6) is 0 Å². The molecule has 78 valence electrons. The lowest BCUT2D eigenvalue weighted by atomic mass is 10.1. The molecule has 2 rings (SSSR count). The predicted molar refractivity (Wildman–Crippen MR) is 50.4 cm³/mol. The van der Waals surface area contributed by atoms with Gasteiger partial charge in [0.1, 0.15) is 6.61 Å². The number of hydrogen-bond acceptors (Lipinski definition) is 4. The van der Waals surface area contributed by atoms with Crippen LogP contribution in [0.15, 0.2) is 4.99 Å². The number of carboxylic acids is 1. The van der Waals surface area contributed by atoms with Gasteiger partial charge in [0.15, 0.2) is 11.9 Å². The minimum atomic E-state index is -0.899. The van der Waals surface area contributed by atoms with Crippen LogP contribution in [0, 0.1) is 5.92 Å². The highest BCUT2D eigenvalue weighted by Gasteiger charge is 2.27. The third kappa shape index (κ3) is 2.04. The lowest BCUT2D eigenvalue weighted by molar-refractivity contribution is -0.138. The molecular formula is C9H14N2O3. The molecule has 0 aromatic carbocycles. The van der Waals surface area contributed by atoms with Crippen molar-refractivity contribution in [3.05, 3.63) is 0 Å². The fraction of sp³-hybridized carbons (Fsp3) is 0.778. The molecule has 2 unspecified atom stereocenters. The molecule has 1 fully saturated rings. The molecule has 0 saturated carbocycles. The van der Waals surface area contributed by atoms with Crippen LogP contribution in [-0.2, 0) is 9.53 Å². The molecule has 2 heterocycles. The summed E-state index contributed by atoms with van der Waals surface area (Å²) >= 11 is 0. The number of aliphatic carboxylic acids is 1. The number of nitrogens with one attached hydrogen (secondary N) is 1. The zero-order valence-electron chi connectivity index (χ0n) is 7.90. The quantitative estimate of drug-likeness (QED) is 0.662. The normalized spacial score (nSPS) is 31.3. The molecule has 2 N–H and O–H groups in total. The number of nitrogens with zero attached hydrogens (tertiary/aromatic N) is 1. The maximum absolute atomic E-state index is 10.6. The molecule has 5 heteroatoms. The molecule has 14 heavy (non-hydrogen) atoms. The first kappa shape index (κ1) is 9.45. The van der Waals surface area contributed by atoms with Gasteiger partial charge in [-0.3, -0.25) is 0 Å². The standard InChI is InChI=1S/C9H14N2O3/c12-9(13)7-5-14-8(11-7)3-6-1-2-10-4-6/h6-7,10H,1-5H2,(H,12,13). The van der Waals surface area contributed by atoms with Gasteiger partial charge < -0.3 is 15.2 Å². The number of carboxylic acid groups (broad SMARTS) is 1. The van der Waals surface area contributed by atoms with Crippen LogP contribution in [-0.4, -0.2) is 42.7 Å². The second kappa shape index (κ2) is 3.96. The van der Waals surface area contributed by atoms with Gasteiger partial charge in [-0.15, -0.1) is 0 Å². The van der Waals surface area contributed by atoms with Gasteiger partial charge in [-0.1, -0.05) is 0 Å². The topological polar surface area (TPSA) is 70.9 Å². The van der Waals surface area contributed by atoms with E-state index in [2.05, 4.69) is 10.3 Å². The van der Waals surface area contributed by atoms with Gasteiger partial charge in [-0.2, -0.15) is 0 Å². The van der Waals surface area contributed by atoms with Gasteiger partial charge in [0.25, 0.3) is 0 Å². The van der Waals surface area contributed by atoms with Crippen molar-refractivity contribution in [2.45, 2.75) is 18.9 Å². The fourth-order valence-electron chi connectivity index (χ4n) is 1.80. The van der Waals surface area contributed by atoms with Crippen molar-refractivity contribution >= 4 is 11.9 Å². The van der Waals surface area contributed by atoms with E-state index in [9.17, 15) is 4.79 Å². The highest BCUT2D eigenvalue weighted by molar-refractivity contribution is 5.84. The van der Waals surface area contributed by atoms with Gasteiger partial charge in [-0.05, 0) is 25.4 Å². The molecule has 2 atom stereocenters. The van der Waals surface area contributed by atoms with Crippen LogP contribution in [0.1, 0.15) is 12.8 Å². The summed E-state index contributed by atoms with van der Waals surface area (Å²) in [5, 5.41) is 11.9. The number of ether oxygens (including phenoxy) is 1. The van der Waals surface area contributed by atoms with E-state index >= 15 is 0 Å². The Hall–Kier alpha value is -1.10. The average Bonchev–Trinajstić information content (AvgIpc) is 2.75. The summed E-state index contributed by atoms with van der Waals surface area (Å²) in [5.74, 6) is 0.275. The average molecular weight is 198 g/mol. The largest absolute Gasteiger partial charge is 0.480 e. The van der Waals surface area contributed by atoms with E-state index in [1.807, 2.05) is 0 Å². The summed E-state index contributed by atoms with van der Waals surface area (Å²) in [6, 6.07) is -0.681. The molecule has 2 aliphatic heterocycles. The Kier molecular flexibility index (Phi) is 2.67. The highest BCUT2D eigenvalue weighted by Crippen LogP contribution is 2.17. The minimum absolute atomic E-state index is 0.199. The summed E-state index contributed by atoms with van der Waals surface area (Å²) < 4.78 is 5.23. The molecule has 1 saturated heterocycles. The van der Waals surface area contributed by atoms with Crippen LogP contribution < -0.4 is 5.32 Å². The third-order valence-corrected chi connectivity index (χ3v) is 2.62. The van der Waals surface area contributed by atoms with Crippen molar-refractivity contribution in [2.75, 3.05) is 19.7 Å². The van der Waals surface area contributed by atoms with Crippen LogP contribution in [0.4, 0.5) is 0 Å². The fourth-order valence-corrected chi connectivity index (χ4v) is 1.80. The Balaban J connectivity index is 1.86. The van der Waals surface area contributed by atoms with E-state index in [1.54, 1.807) is 0 Å². The summed E-state index contributed by atoms with van der Waals surface area (Å²) in [6.07, 6.45) is 1.90. The molecule has 2 aliphatic rings. The van der Waals surface area contributed by atoms with Crippen LogP contribution in [0.25, 0.3) is 0 Å². The van der Waals surface area contributed by atoms with E-state index < -0.39 is 12.0 Å². The van der Waals surface area contributed by atoms with Crippen molar-refractivity contribution in [1.29, 1.82) is 0 Å². The second-order valence-electron chi connectivity index (χ2n) is 3.75. The Morgan fingerprint density at radius 1 is 1.71 bits per heavy atom. The second-order valence-corrected chi connectivity index (χ2v) is 3.75. The Morgan fingerprint density at radius 3 is 3.14 bits per heavy atom. The number of aliphatic imine (C=N–C) groups is 1. The molecule has 0 bridgehead atoms. The summed E-state index contributed by atoms with van der Waals surface area (Å²) in [6.45, 7) is 2.23. The molecule has 0 aliphatic carbocycles. The van der Waals surface area contributed by atoms with Gasteiger partial charge in [-0.25, -0.2) is 9.79 Å².